The zero-order valence-electron chi connectivity index (χ0n) is 11.1. The smallest absolute Gasteiger partial charge is 0.329 e. The Labute approximate surface area is 111 Å². The number of hydrogen-bond donors (Lipinski definition) is 2. The van der Waals surface area contributed by atoms with Crippen LogP contribution in [-0.2, 0) is 9.59 Å². The highest BCUT2D eigenvalue weighted by molar-refractivity contribution is 6.34. The molecule has 0 aliphatic rings. The maximum Gasteiger partial charge on any atom is 0.329 e. The molecule has 0 aliphatic carbocycles. The Kier molecular flexibility index (Phi) is 5.05. The van der Waals surface area contributed by atoms with E-state index in [1.54, 1.807) is 6.92 Å². The first-order valence-corrected chi connectivity index (χ1v) is 5.81. The highest BCUT2D eigenvalue weighted by atomic mass is 16.5. The highest BCUT2D eigenvalue weighted by Crippen LogP contribution is 2.14. The molecule has 0 saturated heterocycles. The molecule has 0 fully saturated rings. The predicted octanol–water partition coefficient (Wildman–Crippen LogP) is 0.799. The number of carbonyl (C=O) groups is 2. The van der Waals surface area contributed by atoms with Gasteiger partial charge in [0.2, 0.25) is 0 Å². The van der Waals surface area contributed by atoms with Crippen LogP contribution in [0, 0.1) is 0 Å². The molecule has 1 rings (SSSR count). The van der Waals surface area contributed by atoms with Crippen LogP contribution >= 0.6 is 0 Å². The Morgan fingerprint density at radius 2 is 1.84 bits per heavy atom. The van der Waals surface area contributed by atoms with Crippen LogP contribution in [0.4, 0.5) is 0 Å². The molecular formula is C13H17N3O3. The van der Waals surface area contributed by atoms with Crippen LogP contribution in [0.25, 0.3) is 0 Å². The van der Waals surface area contributed by atoms with Crippen molar-refractivity contribution < 1.29 is 14.3 Å². The monoisotopic (exact) mass is 263 g/mol. The van der Waals surface area contributed by atoms with Gasteiger partial charge in [-0.1, -0.05) is 0 Å². The van der Waals surface area contributed by atoms with Gasteiger partial charge in [-0.15, -0.1) is 0 Å². The van der Waals surface area contributed by atoms with E-state index in [-0.39, 0.29) is 6.10 Å². The van der Waals surface area contributed by atoms with E-state index in [1.807, 2.05) is 38.1 Å². The molecule has 1 aromatic rings. The Morgan fingerprint density at radius 1 is 1.26 bits per heavy atom. The summed E-state index contributed by atoms with van der Waals surface area (Å²) in [6.45, 7) is 5.60. The maximum atomic E-state index is 10.9. The number of amides is 2. The number of nitrogens with zero attached hydrogens (tertiary/aromatic N) is 1. The van der Waals surface area contributed by atoms with E-state index in [9.17, 15) is 9.59 Å². The van der Waals surface area contributed by atoms with Gasteiger partial charge < -0.3 is 10.5 Å². The quantitative estimate of drug-likeness (QED) is 0.478. The summed E-state index contributed by atoms with van der Waals surface area (Å²) in [6.07, 6.45) is 0.107. The Bertz CT molecular complexity index is 492. The molecule has 0 radical (unpaired) electrons. The summed E-state index contributed by atoms with van der Waals surface area (Å²) in [6, 6.07) is 7.24. The Balaban J connectivity index is 2.72. The lowest BCUT2D eigenvalue weighted by molar-refractivity contribution is -0.137. The molecule has 3 N–H and O–H groups in total. The second kappa shape index (κ2) is 6.53. The van der Waals surface area contributed by atoms with Gasteiger partial charge in [-0.25, -0.2) is 5.43 Å². The van der Waals surface area contributed by atoms with E-state index in [4.69, 9.17) is 10.5 Å². The number of hydrogen-bond acceptors (Lipinski definition) is 4. The van der Waals surface area contributed by atoms with Crippen molar-refractivity contribution in [1.82, 2.24) is 5.43 Å². The molecule has 6 nitrogen and oxygen atoms in total. The van der Waals surface area contributed by atoms with Crippen LogP contribution in [0.1, 0.15) is 26.3 Å². The van der Waals surface area contributed by atoms with Gasteiger partial charge in [0, 0.05) is 0 Å². The molecule has 0 bridgehead atoms. The third kappa shape index (κ3) is 4.79. The van der Waals surface area contributed by atoms with Gasteiger partial charge in [0.25, 0.3) is 0 Å². The lowest BCUT2D eigenvalue weighted by atomic mass is 10.1. The van der Waals surface area contributed by atoms with E-state index in [1.165, 1.54) is 0 Å². The summed E-state index contributed by atoms with van der Waals surface area (Å²) < 4.78 is 5.51. The highest BCUT2D eigenvalue weighted by Gasteiger charge is 2.07. The van der Waals surface area contributed by atoms with Crippen LogP contribution in [0.2, 0.25) is 0 Å². The van der Waals surface area contributed by atoms with Gasteiger partial charge in [0.1, 0.15) is 5.75 Å². The second-order valence-corrected chi connectivity index (χ2v) is 4.19. The lowest BCUT2D eigenvalue weighted by Crippen LogP contribution is -2.33. The van der Waals surface area contributed by atoms with E-state index >= 15 is 0 Å². The number of hydrazone groups is 1. The first-order valence-electron chi connectivity index (χ1n) is 5.81. The second-order valence-electron chi connectivity index (χ2n) is 4.19. The van der Waals surface area contributed by atoms with E-state index in [2.05, 4.69) is 10.5 Å². The molecule has 0 unspecified atom stereocenters. The molecule has 0 aliphatic heterocycles. The zero-order valence-corrected chi connectivity index (χ0v) is 11.1. The summed E-state index contributed by atoms with van der Waals surface area (Å²) in [5.41, 5.74) is 8.23. The predicted molar refractivity (Wildman–Crippen MR) is 71.8 cm³/mol. The lowest BCUT2D eigenvalue weighted by Gasteiger charge is -2.10. The molecule has 0 spiro atoms. The van der Waals surface area contributed by atoms with E-state index < -0.39 is 11.8 Å². The van der Waals surface area contributed by atoms with Crippen molar-refractivity contribution in [2.45, 2.75) is 26.9 Å². The SMILES string of the molecule is C/C(=N/NC(=O)C(N)=O)c1ccc(OC(C)C)cc1. The first-order chi connectivity index (χ1) is 8.90. The molecule has 0 atom stereocenters. The molecule has 6 heteroatoms. The van der Waals surface area contributed by atoms with Crippen LogP contribution < -0.4 is 15.9 Å². The summed E-state index contributed by atoms with van der Waals surface area (Å²) in [7, 11) is 0. The Morgan fingerprint density at radius 3 is 2.32 bits per heavy atom. The molecule has 0 saturated carbocycles. The number of primary amides is 1. The third-order valence-electron chi connectivity index (χ3n) is 2.19. The topological polar surface area (TPSA) is 93.8 Å². The minimum atomic E-state index is -1.07. The van der Waals surface area contributed by atoms with Gasteiger partial charge >= 0.3 is 11.8 Å². The molecule has 1 aromatic carbocycles. The summed E-state index contributed by atoms with van der Waals surface area (Å²) in [5.74, 6) is -1.26. The molecular weight excluding hydrogens is 246 g/mol. The average molecular weight is 263 g/mol. The zero-order chi connectivity index (χ0) is 14.4. The molecule has 0 heterocycles. The van der Waals surface area contributed by atoms with Crippen LogP contribution in [0.3, 0.4) is 0 Å². The number of rotatable bonds is 4. The molecule has 102 valence electrons. The summed E-state index contributed by atoms with van der Waals surface area (Å²) >= 11 is 0. The van der Waals surface area contributed by atoms with Crippen molar-refractivity contribution in [3.8, 4) is 5.75 Å². The van der Waals surface area contributed by atoms with Crippen molar-refractivity contribution in [3.63, 3.8) is 0 Å². The molecule has 2 amide bonds. The standard InChI is InChI=1S/C13H17N3O3/c1-8(2)19-11-6-4-10(5-7-11)9(3)15-16-13(18)12(14)17/h4-8H,1-3H3,(H2,14,17)(H,16,18)/b15-9-. The van der Waals surface area contributed by atoms with Crippen molar-refractivity contribution >= 4 is 17.5 Å². The van der Waals surface area contributed by atoms with Crippen molar-refractivity contribution in [1.29, 1.82) is 0 Å². The average Bonchev–Trinajstić information content (AvgIpc) is 2.35. The van der Waals surface area contributed by atoms with Crippen molar-refractivity contribution in [3.05, 3.63) is 29.8 Å². The number of benzene rings is 1. The summed E-state index contributed by atoms with van der Waals surface area (Å²) in [4.78, 5) is 21.5. The molecule has 0 aromatic heterocycles. The fraction of sp³-hybridized carbons (Fsp3) is 0.308. The van der Waals surface area contributed by atoms with Gasteiger partial charge in [0.15, 0.2) is 0 Å². The normalized spacial score (nSPS) is 11.3. The molecule has 19 heavy (non-hydrogen) atoms. The minimum absolute atomic E-state index is 0.107. The first kappa shape index (κ1) is 14.7. The number of carbonyl (C=O) groups excluding carboxylic acids is 2. The largest absolute Gasteiger partial charge is 0.491 e. The number of ether oxygens (including phenoxy) is 1. The fourth-order valence-corrected chi connectivity index (χ4v) is 1.30. The Hall–Kier alpha value is -2.37. The summed E-state index contributed by atoms with van der Waals surface area (Å²) in [5, 5.41) is 3.78. The van der Waals surface area contributed by atoms with Crippen LogP contribution in [0.15, 0.2) is 29.4 Å². The van der Waals surface area contributed by atoms with Crippen molar-refractivity contribution in [2.75, 3.05) is 0 Å². The van der Waals surface area contributed by atoms with Gasteiger partial charge in [-0.05, 0) is 50.6 Å². The van der Waals surface area contributed by atoms with E-state index in [0.29, 0.717) is 5.71 Å². The third-order valence-corrected chi connectivity index (χ3v) is 2.19. The van der Waals surface area contributed by atoms with Gasteiger partial charge in [-0.3, -0.25) is 9.59 Å². The van der Waals surface area contributed by atoms with Gasteiger partial charge in [0.05, 0.1) is 11.8 Å². The number of nitrogens with one attached hydrogen (secondary N) is 1. The number of nitrogens with two attached hydrogens (primary N) is 1. The van der Waals surface area contributed by atoms with Crippen molar-refractivity contribution in [2.24, 2.45) is 10.8 Å². The fourth-order valence-electron chi connectivity index (χ4n) is 1.30. The van der Waals surface area contributed by atoms with Crippen LogP contribution in [-0.4, -0.2) is 23.6 Å². The van der Waals surface area contributed by atoms with Crippen LogP contribution in [0.5, 0.6) is 5.75 Å². The van der Waals surface area contributed by atoms with Gasteiger partial charge in [-0.2, -0.15) is 5.10 Å². The minimum Gasteiger partial charge on any atom is -0.491 e. The maximum absolute atomic E-state index is 10.9. The van der Waals surface area contributed by atoms with E-state index in [0.717, 1.165) is 11.3 Å².